The van der Waals surface area contributed by atoms with Crippen LogP contribution in [0.5, 0.6) is 0 Å². The molecular weight excluding hydrogens is 444 g/mol. The number of sulfonamides is 1. The maximum atomic E-state index is 13.3. The predicted molar refractivity (Wildman–Crippen MR) is 113 cm³/mol. The van der Waals surface area contributed by atoms with Gasteiger partial charge in [-0.25, -0.2) is 16.8 Å². The molecule has 1 aromatic rings. The largest absolute Gasteiger partial charge is 0.379 e. The molecular formula is C20H28N2O7S2. The Labute approximate surface area is 183 Å². The van der Waals surface area contributed by atoms with E-state index in [1.807, 2.05) is 0 Å². The van der Waals surface area contributed by atoms with E-state index < -0.39 is 25.9 Å². The lowest BCUT2D eigenvalue weighted by molar-refractivity contribution is 0.0441. The normalized spacial score (nSPS) is 26.7. The molecule has 0 bridgehead atoms. The van der Waals surface area contributed by atoms with Crippen molar-refractivity contribution < 1.29 is 31.1 Å². The number of morpholine rings is 1. The number of hydrogen-bond acceptors (Lipinski definition) is 7. The molecule has 3 heterocycles. The zero-order valence-electron chi connectivity index (χ0n) is 17.3. The number of carbonyl (C=O) groups excluding carboxylic acids is 1. The quantitative estimate of drug-likeness (QED) is 0.593. The van der Waals surface area contributed by atoms with Crippen LogP contribution in [0, 0.1) is 0 Å². The molecule has 0 aliphatic carbocycles. The second-order valence-electron chi connectivity index (χ2n) is 8.19. The molecule has 172 valence electrons. The smallest absolute Gasteiger partial charge is 0.254 e. The van der Waals surface area contributed by atoms with Gasteiger partial charge in [0, 0.05) is 37.8 Å². The summed E-state index contributed by atoms with van der Waals surface area (Å²) in [5.41, 5.74) is 0.336. The average Bonchev–Trinajstić information content (AvgIpc) is 3.41. The van der Waals surface area contributed by atoms with Gasteiger partial charge in [-0.15, -0.1) is 0 Å². The molecule has 0 spiro atoms. The minimum absolute atomic E-state index is 0.0467. The van der Waals surface area contributed by atoms with Crippen molar-refractivity contribution in [1.82, 2.24) is 9.21 Å². The zero-order chi connectivity index (χ0) is 22.1. The topological polar surface area (TPSA) is 110 Å². The van der Waals surface area contributed by atoms with Gasteiger partial charge in [0.1, 0.15) is 0 Å². The molecule has 3 saturated heterocycles. The first-order valence-corrected chi connectivity index (χ1v) is 13.8. The molecule has 0 N–H and O–H groups in total. The summed E-state index contributed by atoms with van der Waals surface area (Å²) in [5, 5.41) is 0. The van der Waals surface area contributed by atoms with Crippen LogP contribution in [-0.4, -0.2) is 95.1 Å². The highest BCUT2D eigenvalue weighted by atomic mass is 32.2. The third-order valence-electron chi connectivity index (χ3n) is 6.04. The van der Waals surface area contributed by atoms with Crippen molar-refractivity contribution >= 4 is 25.8 Å². The van der Waals surface area contributed by atoms with Crippen LogP contribution in [0.1, 0.15) is 29.6 Å². The van der Waals surface area contributed by atoms with Crippen LogP contribution in [0.15, 0.2) is 29.2 Å². The van der Waals surface area contributed by atoms with Crippen molar-refractivity contribution in [3.63, 3.8) is 0 Å². The monoisotopic (exact) mass is 472 g/mol. The van der Waals surface area contributed by atoms with Crippen LogP contribution in [0.3, 0.4) is 0 Å². The van der Waals surface area contributed by atoms with Gasteiger partial charge in [0.05, 0.1) is 35.7 Å². The Morgan fingerprint density at radius 1 is 1.10 bits per heavy atom. The van der Waals surface area contributed by atoms with E-state index in [-0.39, 0.29) is 28.4 Å². The Bertz CT molecular complexity index is 996. The summed E-state index contributed by atoms with van der Waals surface area (Å²) in [6.07, 6.45) is 2.06. The number of hydrogen-bond donors (Lipinski definition) is 0. The summed E-state index contributed by atoms with van der Waals surface area (Å²) in [7, 11) is -6.80. The lowest BCUT2D eigenvalue weighted by Gasteiger charge is -2.30. The van der Waals surface area contributed by atoms with Gasteiger partial charge in [0.15, 0.2) is 9.84 Å². The standard InChI is InChI=1S/C20H28N2O7S2/c23-20(22(14-18-2-1-10-29-18)17-7-13-30(24,25)15-17)16-3-5-19(6-4-16)31(26,27)21-8-11-28-12-9-21/h3-6,17-18H,1-2,7-15H2. The molecule has 11 heteroatoms. The molecule has 0 aromatic heterocycles. The Balaban J connectivity index is 1.53. The van der Waals surface area contributed by atoms with Crippen LogP contribution in [0.2, 0.25) is 0 Å². The van der Waals surface area contributed by atoms with Crippen molar-refractivity contribution in [2.24, 2.45) is 0 Å². The number of benzene rings is 1. The molecule has 3 aliphatic rings. The van der Waals surface area contributed by atoms with Crippen LogP contribution >= 0.6 is 0 Å². The minimum atomic E-state index is -3.65. The fourth-order valence-electron chi connectivity index (χ4n) is 4.30. The van der Waals surface area contributed by atoms with Crippen LogP contribution in [0.25, 0.3) is 0 Å². The zero-order valence-corrected chi connectivity index (χ0v) is 18.9. The molecule has 4 rings (SSSR count). The van der Waals surface area contributed by atoms with Crippen LogP contribution in [0.4, 0.5) is 0 Å². The second kappa shape index (κ2) is 9.14. The van der Waals surface area contributed by atoms with Gasteiger partial charge in [-0.3, -0.25) is 4.79 Å². The number of sulfone groups is 1. The second-order valence-corrected chi connectivity index (χ2v) is 12.4. The maximum absolute atomic E-state index is 13.3. The van der Waals surface area contributed by atoms with E-state index in [4.69, 9.17) is 9.47 Å². The van der Waals surface area contributed by atoms with Gasteiger partial charge in [-0.2, -0.15) is 4.31 Å². The van der Waals surface area contributed by atoms with Crippen molar-refractivity contribution in [3.8, 4) is 0 Å². The van der Waals surface area contributed by atoms with Crippen LogP contribution in [-0.2, 0) is 29.3 Å². The first-order valence-electron chi connectivity index (χ1n) is 10.6. The minimum Gasteiger partial charge on any atom is -0.379 e. The molecule has 2 unspecified atom stereocenters. The summed E-state index contributed by atoms with van der Waals surface area (Å²) in [4.78, 5) is 15.0. The highest BCUT2D eigenvalue weighted by Crippen LogP contribution is 2.24. The number of ether oxygens (including phenoxy) is 2. The van der Waals surface area contributed by atoms with Crippen molar-refractivity contribution in [1.29, 1.82) is 0 Å². The summed E-state index contributed by atoms with van der Waals surface area (Å²) in [5.74, 6) is -0.272. The molecule has 2 atom stereocenters. The maximum Gasteiger partial charge on any atom is 0.254 e. The van der Waals surface area contributed by atoms with Crippen molar-refractivity contribution in [2.75, 3.05) is 51.0 Å². The number of rotatable bonds is 6. The Hall–Kier alpha value is -1.53. The SMILES string of the molecule is O=C(c1ccc(S(=O)(=O)N2CCOCC2)cc1)N(CC1CCCO1)C1CCS(=O)(=O)C1. The van der Waals surface area contributed by atoms with E-state index in [1.165, 1.54) is 28.6 Å². The molecule has 0 radical (unpaired) electrons. The van der Waals surface area contributed by atoms with E-state index >= 15 is 0 Å². The molecule has 3 fully saturated rings. The van der Waals surface area contributed by atoms with E-state index in [0.717, 1.165) is 12.8 Å². The summed E-state index contributed by atoms with van der Waals surface area (Å²) in [6.45, 7) is 2.30. The van der Waals surface area contributed by atoms with E-state index in [0.29, 0.717) is 51.4 Å². The van der Waals surface area contributed by atoms with E-state index in [2.05, 4.69) is 0 Å². The summed E-state index contributed by atoms with van der Waals surface area (Å²) >= 11 is 0. The van der Waals surface area contributed by atoms with E-state index in [9.17, 15) is 21.6 Å². The number of carbonyl (C=O) groups is 1. The van der Waals surface area contributed by atoms with Gasteiger partial charge >= 0.3 is 0 Å². The van der Waals surface area contributed by atoms with Crippen LogP contribution < -0.4 is 0 Å². The molecule has 31 heavy (non-hydrogen) atoms. The van der Waals surface area contributed by atoms with Gasteiger partial charge in [-0.1, -0.05) is 0 Å². The lowest BCUT2D eigenvalue weighted by Crippen LogP contribution is -2.45. The first-order chi connectivity index (χ1) is 14.8. The van der Waals surface area contributed by atoms with Crippen molar-refractivity contribution in [3.05, 3.63) is 29.8 Å². The van der Waals surface area contributed by atoms with Gasteiger partial charge < -0.3 is 14.4 Å². The summed E-state index contributed by atoms with van der Waals surface area (Å²) < 4.78 is 61.9. The van der Waals surface area contributed by atoms with Gasteiger partial charge in [0.2, 0.25) is 10.0 Å². The fourth-order valence-corrected chi connectivity index (χ4v) is 7.44. The van der Waals surface area contributed by atoms with Gasteiger partial charge in [0.25, 0.3) is 5.91 Å². The van der Waals surface area contributed by atoms with Gasteiger partial charge in [-0.05, 0) is 43.5 Å². The molecule has 1 amide bonds. The Morgan fingerprint density at radius 3 is 2.39 bits per heavy atom. The molecule has 1 aromatic carbocycles. The average molecular weight is 473 g/mol. The third-order valence-corrected chi connectivity index (χ3v) is 9.71. The number of nitrogens with zero attached hydrogens (tertiary/aromatic N) is 2. The van der Waals surface area contributed by atoms with Crippen molar-refractivity contribution in [2.45, 2.75) is 36.3 Å². The Morgan fingerprint density at radius 2 is 1.81 bits per heavy atom. The summed E-state index contributed by atoms with van der Waals surface area (Å²) in [6, 6.07) is 5.49. The number of amides is 1. The predicted octanol–water partition coefficient (Wildman–Crippen LogP) is 0.516. The molecule has 0 saturated carbocycles. The van der Waals surface area contributed by atoms with E-state index in [1.54, 1.807) is 4.90 Å². The molecule has 9 nitrogen and oxygen atoms in total. The highest BCUT2D eigenvalue weighted by Gasteiger charge is 2.37. The first kappa shape index (κ1) is 22.7. The highest BCUT2D eigenvalue weighted by molar-refractivity contribution is 7.91. The Kier molecular flexibility index (Phi) is 6.68. The fraction of sp³-hybridized carbons (Fsp3) is 0.650. The lowest BCUT2D eigenvalue weighted by atomic mass is 10.1. The third kappa shape index (κ3) is 5.11. The molecule has 3 aliphatic heterocycles.